The van der Waals surface area contributed by atoms with Crippen molar-refractivity contribution in [3.05, 3.63) is 36.5 Å². The van der Waals surface area contributed by atoms with Gasteiger partial charge in [0.2, 0.25) is 0 Å². The topological polar surface area (TPSA) is 54.0 Å². The van der Waals surface area contributed by atoms with Gasteiger partial charge < -0.3 is 10.6 Å². The van der Waals surface area contributed by atoms with E-state index in [2.05, 4.69) is 36.4 Å². The highest BCUT2D eigenvalue weighted by Gasteiger charge is 2.11. The highest BCUT2D eigenvalue weighted by molar-refractivity contribution is 5.91. The summed E-state index contributed by atoms with van der Waals surface area (Å²) >= 11 is 0. The Morgan fingerprint density at radius 1 is 1.26 bits per heavy atom. The van der Waals surface area contributed by atoms with Crippen LogP contribution in [0.25, 0.3) is 10.9 Å². The van der Waals surface area contributed by atoms with Gasteiger partial charge in [-0.15, -0.1) is 0 Å². The molecule has 0 atom stereocenters. The van der Waals surface area contributed by atoms with Crippen molar-refractivity contribution >= 4 is 22.6 Å². The molecule has 0 fully saturated rings. The average molecular weight is 257 g/mol. The van der Waals surface area contributed by atoms with Gasteiger partial charge in [0.05, 0.1) is 17.4 Å². The number of anilines is 1. The molecule has 4 nitrogen and oxygen atoms in total. The lowest BCUT2D eigenvalue weighted by Crippen LogP contribution is -2.35. The van der Waals surface area contributed by atoms with E-state index in [1.165, 1.54) is 0 Å². The lowest BCUT2D eigenvalue weighted by atomic mass is 9.97. The zero-order chi connectivity index (χ0) is 13.9. The van der Waals surface area contributed by atoms with Crippen molar-refractivity contribution in [1.82, 2.24) is 10.3 Å². The minimum absolute atomic E-state index is 0.0684. The van der Waals surface area contributed by atoms with Gasteiger partial charge in [0.1, 0.15) is 0 Å². The fourth-order valence-electron chi connectivity index (χ4n) is 1.66. The van der Waals surface area contributed by atoms with E-state index in [0.29, 0.717) is 12.2 Å². The average Bonchev–Trinajstić information content (AvgIpc) is 2.35. The summed E-state index contributed by atoms with van der Waals surface area (Å²) in [5, 5.41) is 6.65. The number of para-hydroxylation sites is 1. The lowest BCUT2D eigenvalue weighted by molar-refractivity contribution is 0.247. The van der Waals surface area contributed by atoms with Crippen molar-refractivity contribution in [3.63, 3.8) is 0 Å². The number of nitrogens with zero attached hydrogens (tertiary/aromatic N) is 1. The highest BCUT2D eigenvalue weighted by Crippen LogP contribution is 2.16. The predicted molar refractivity (Wildman–Crippen MR) is 78.2 cm³/mol. The summed E-state index contributed by atoms with van der Waals surface area (Å²) < 4.78 is 0. The van der Waals surface area contributed by atoms with Gasteiger partial charge in [-0.05, 0) is 17.5 Å². The van der Waals surface area contributed by atoms with Gasteiger partial charge in [0.25, 0.3) is 0 Å². The van der Waals surface area contributed by atoms with E-state index >= 15 is 0 Å². The standard InChI is InChI=1S/C15H19N3O/c1-15(2,3)10-17-14(19)18-12-8-11-6-4-5-7-13(11)16-9-12/h4-9H,10H2,1-3H3,(H2,17,18,19). The predicted octanol–water partition coefficient (Wildman–Crippen LogP) is 3.40. The molecule has 2 rings (SSSR count). The Morgan fingerprint density at radius 2 is 2.00 bits per heavy atom. The summed E-state index contributed by atoms with van der Waals surface area (Å²) in [6.45, 7) is 6.85. The van der Waals surface area contributed by atoms with Crippen LogP contribution in [0.2, 0.25) is 0 Å². The first kappa shape index (κ1) is 13.3. The van der Waals surface area contributed by atoms with Crippen molar-refractivity contribution in [2.45, 2.75) is 20.8 Å². The number of hydrogen-bond donors (Lipinski definition) is 2. The molecule has 19 heavy (non-hydrogen) atoms. The number of urea groups is 1. The Morgan fingerprint density at radius 3 is 2.74 bits per heavy atom. The monoisotopic (exact) mass is 257 g/mol. The summed E-state index contributed by atoms with van der Waals surface area (Å²) in [7, 11) is 0. The second-order valence-corrected chi connectivity index (χ2v) is 5.79. The molecule has 0 radical (unpaired) electrons. The van der Waals surface area contributed by atoms with Gasteiger partial charge in [-0.25, -0.2) is 4.79 Å². The van der Waals surface area contributed by atoms with Crippen LogP contribution >= 0.6 is 0 Å². The van der Waals surface area contributed by atoms with Crippen molar-refractivity contribution in [3.8, 4) is 0 Å². The van der Waals surface area contributed by atoms with E-state index < -0.39 is 0 Å². The van der Waals surface area contributed by atoms with Crippen LogP contribution < -0.4 is 10.6 Å². The molecule has 0 saturated carbocycles. The number of hydrogen-bond acceptors (Lipinski definition) is 2. The first-order chi connectivity index (χ1) is 8.94. The smallest absolute Gasteiger partial charge is 0.319 e. The molecule has 0 bridgehead atoms. The summed E-state index contributed by atoms with van der Waals surface area (Å²) in [6.07, 6.45) is 1.67. The number of fused-ring (bicyclic) bond motifs is 1. The van der Waals surface area contributed by atoms with Gasteiger partial charge in [0, 0.05) is 11.9 Å². The van der Waals surface area contributed by atoms with Crippen LogP contribution in [-0.4, -0.2) is 17.6 Å². The number of nitrogens with one attached hydrogen (secondary N) is 2. The fourth-order valence-corrected chi connectivity index (χ4v) is 1.66. The van der Waals surface area contributed by atoms with Crippen molar-refractivity contribution in [2.75, 3.05) is 11.9 Å². The molecule has 0 unspecified atom stereocenters. The molecule has 1 heterocycles. The SMILES string of the molecule is CC(C)(C)CNC(=O)Nc1cnc2ccccc2c1. The Labute approximate surface area is 113 Å². The summed E-state index contributed by atoms with van der Waals surface area (Å²) in [6, 6.07) is 9.52. The van der Waals surface area contributed by atoms with Crippen molar-refractivity contribution in [2.24, 2.45) is 5.41 Å². The molecule has 2 amide bonds. The molecule has 100 valence electrons. The molecule has 0 aliphatic rings. The maximum atomic E-state index is 11.7. The van der Waals surface area contributed by atoms with E-state index in [4.69, 9.17) is 0 Å². The van der Waals surface area contributed by atoms with E-state index in [9.17, 15) is 4.79 Å². The van der Waals surface area contributed by atoms with Gasteiger partial charge in [-0.2, -0.15) is 0 Å². The maximum Gasteiger partial charge on any atom is 0.319 e. The van der Waals surface area contributed by atoms with E-state index in [0.717, 1.165) is 10.9 Å². The Bertz CT molecular complexity index is 587. The summed E-state index contributed by atoms with van der Waals surface area (Å²) in [5.74, 6) is 0. The van der Waals surface area contributed by atoms with E-state index in [-0.39, 0.29) is 11.4 Å². The first-order valence-electron chi connectivity index (χ1n) is 6.34. The number of carbonyl (C=O) groups is 1. The Balaban J connectivity index is 2.03. The molecule has 0 saturated heterocycles. The van der Waals surface area contributed by atoms with E-state index in [1.807, 2.05) is 30.3 Å². The van der Waals surface area contributed by atoms with Crippen LogP contribution in [0.3, 0.4) is 0 Å². The third-order valence-electron chi connectivity index (χ3n) is 2.63. The highest BCUT2D eigenvalue weighted by atomic mass is 16.2. The quantitative estimate of drug-likeness (QED) is 0.866. The van der Waals surface area contributed by atoms with Crippen LogP contribution in [-0.2, 0) is 0 Å². The van der Waals surface area contributed by atoms with Crippen molar-refractivity contribution < 1.29 is 4.79 Å². The van der Waals surface area contributed by atoms with Gasteiger partial charge in [0.15, 0.2) is 0 Å². The molecular weight excluding hydrogens is 238 g/mol. The van der Waals surface area contributed by atoms with Crippen LogP contribution in [0, 0.1) is 5.41 Å². The summed E-state index contributed by atoms with van der Waals surface area (Å²) in [4.78, 5) is 16.0. The molecule has 1 aromatic heterocycles. The fraction of sp³-hybridized carbons (Fsp3) is 0.333. The number of rotatable bonds is 2. The lowest BCUT2D eigenvalue weighted by Gasteiger charge is -2.18. The number of aromatic nitrogens is 1. The van der Waals surface area contributed by atoms with E-state index in [1.54, 1.807) is 6.20 Å². The molecule has 2 aromatic rings. The molecule has 0 spiro atoms. The molecular formula is C15H19N3O. The summed E-state index contributed by atoms with van der Waals surface area (Å²) in [5.41, 5.74) is 1.69. The van der Waals surface area contributed by atoms with Gasteiger partial charge >= 0.3 is 6.03 Å². The molecule has 1 aromatic carbocycles. The normalized spacial score (nSPS) is 11.3. The van der Waals surface area contributed by atoms with Crippen LogP contribution in [0.1, 0.15) is 20.8 Å². The van der Waals surface area contributed by atoms with Crippen LogP contribution in [0.5, 0.6) is 0 Å². The maximum absolute atomic E-state index is 11.7. The zero-order valence-corrected chi connectivity index (χ0v) is 11.5. The zero-order valence-electron chi connectivity index (χ0n) is 11.5. The Kier molecular flexibility index (Phi) is 3.69. The van der Waals surface area contributed by atoms with Gasteiger partial charge in [-0.3, -0.25) is 4.98 Å². The van der Waals surface area contributed by atoms with Crippen LogP contribution in [0.4, 0.5) is 10.5 Å². The second kappa shape index (κ2) is 5.26. The molecule has 0 aliphatic carbocycles. The number of carbonyl (C=O) groups excluding carboxylic acids is 1. The first-order valence-corrected chi connectivity index (χ1v) is 6.34. The van der Waals surface area contributed by atoms with Crippen molar-refractivity contribution in [1.29, 1.82) is 0 Å². The van der Waals surface area contributed by atoms with Gasteiger partial charge in [-0.1, -0.05) is 39.0 Å². The minimum Gasteiger partial charge on any atom is -0.337 e. The number of amides is 2. The minimum atomic E-state index is -0.202. The third kappa shape index (κ3) is 3.95. The second-order valence-electron chi connectivity index (χ2n) is 5.79. The molecule has 2 N–H and O–H groups in total. The number of benzene rings is 1. The largest absolute Gasteiger partial charge is 0.337 e. The molecule has 0 aliphatic heterocycles. The number of pyridine rings is 1. The molecule has 4 heteroatoms. The van der Waals surface area contributed by atoms with Crippen LogP contribution in [0.15, 0.2) is 36.5 Å². The Hall–Kier alpha value is -2.10. The third-order valence-corrected chi connectivity index (χ3v) is 2.63.